The Balaban J connectivity index is 1.75. The number of anilines is 1. The van der Waals surface area contributed by atoms with Crippen LogP contribution < -0.4 is 4.90 Å². The number of aromatic nitrogens is 3. The van der Waals surface area contributed by atoms with Crippen molar-refractivity contribution >= 4 is 12.1 Å². The van der Waals surface area contributed by atoms with Crippen LogP contribution in [0.1, 0.15) is 11.6 Å². The van der Waals surface area contributed by atoms with Gasteiger partial charge < -0.3 is 9.32 Å². The molecule has 10 heteroatoms. The van der Waals surface area contributed by atoms with Gasteiger partial charge in [0.25, 0.3) is 0 Å². The van der Waals surface area contributed by atoms with Crippen LogP contribution in [0.5, 0.6) is 0 Å². The van der Waals surface area contributed by atoms with Gasteiger partial charge in [-0.05, 0) is 36.4 Å². The molecule has 0 unspecified atom stereocenters. The summed E-state index contributed by atoms with van der Waals surface area (Å²) in [6.45, 7) is 0.0903. The molecule has 0 radical (unpaired) electrons. The van der Waals surface area contributed by atoms with Gasteiger partial charge in [0.2, 0.25) is 12.3 Å². The first-order valence-electron chi connectivity index (χ1n) is 7.20. The lowest BCUT2D eigenvalue weighted by Gasteiger charge is -2.16. The lowest BCUT2D eigenvalue weighted by atomic mass is 10.2. The Labute approximate surface area is 144 Å². The molecule has 2 aromatic heterocycles. The number of halogens is 4. The second-order valence-corrected chi connectivity index (χ2v) is 5.16. The lowest BCUT2D eigenvalue weighted by molar-refractivity contribution is -0.156. The van der Waals surface area contributed by atoms with Crippen LogP contribution in [0.25, 0.3) is 11.5 Å². The molecule has 2 heterocycles. The van der Waals surface area contributed by atoms with Crippen LogP contribution in [0.15, 0.2) is 47.0 Å². The summed E-state index contributed by atoms with van der Waals surface area (Å²) in [4.78, 5) is 16.6. The highest BCUT2D eigenvalue weighted by Gasteiger charge is 2.38. The largest absolute Gasteiger partial charge is 0.470 e. The van der Waals surface area contributed by atoms with Gasteiger partial charge in [0.1, 0.15) is 5.82 Å². The highest BCUT2D eigenvalue weighted by atomic mass is 19.4. The van der Waals surface area contributed by atoms with Crippen LogP contribution in [0, 0.1) is 5.82 Å². The van der Waals surface area contributed by atoms with Gasteiger partial charge in [-0.1, -0.05) is 0 Å². The third kappa shape index (κ3) is 3.85. The van der Waals surface area contributed by atoms with Crippen molar-refractivity contribution < 1.29 is 26.8 Å². The number of hydrogen-bond acceptors (Lipinski definition) is 5. The van der Waals surface area contributed by atoms with E-state index >= 15 is 0 Å². The molecular weight excluding hydrogens is 356 g/mol. The summed E-state index contributed by atoms with van der Waals surface area (Å²) in [5.74, 6) is -2.19. The Morgan fingerprint density at radius 3 is 2.35 bits per heavy atom. The first-order chi connectivity index (χ1) is 12.4. The third-order valence-corrected chi connectivity index (χ3v) is 3.36. The van der Waals surface area contributed by atoms with E-state index in [0.717, 1.165) is 0 Å². The maximum Gasteiger partial charge on any atom is 0.470 e. The van der Waals surface area contributed by atoms with Crippen LogP contribution in [0.3, 0.4) is 0 Å². The number of hydrogen-bond donors (Lipinski definition) is 0. The summed E-state index contributed by atoms with van der Waals surface area (Å²) in [7, 11) is 0. The van der Waals surface area contributed by atoms with Crippen molar-refractivity contribution in [3.8, 4) is 11.5 Å². The topological polar surface area (TPSA) is 72.1 Å². The van der Waals surface area contributed by atoms with E-state index in [1.54, 1.807) is 0 Å². The molecule has 0 aliphatic carbocycles. The molecule has 3 aromatic rings. The van der Waals surface area contributed by atoms with Gasteiger partial charge in [-0.2, -0.15) is 13.2 Å². The number of carbonyl (C=O) groups excluding carboxylic acids is 1. The van der Waals surface area contributed by atoms with E-state index < -0.39 is 17.9 Å². The van der Waals surface area contributed by atoms with Gasteiger partial charge in [-0.25, -0.2) is 4.39 Å². The molecular formula is C16H10F4N4O2. The maximum atomic E-state index is 13.0. The maximum absolute atomic E-state index is 13.0. The predicted octanol–water partition coefficient (Wildman–Crippen LogP) is 3.45. The van der Waals surface area contributed by atoms with Crippen LogP contribution in [-0.2, 0) is 17.5 Å². The van der Waals surface area contributed by atoms with Gasteiger partial charge in [-0.3, -0.25) is 9.78 Å². The van der Waals surface area contributed by atoms with E-state index in [2.05, 4.69) is 19.6 Å². The zero-order valence-electron chi connectivity index (χ0n) is 12.9. The number of rotatable bonds is 5. The molecule has 134 valence electrons. The van der Waals surface area contributed by atoms with Gasteiger partial charge in [-0.15, -0.1) is 10.2 Å². The van der Waals surface area contributed by atoms with E-state index in [1.807, 2.05) is 0 Å². The van der Waals surface area contributed by atoms with E-state index in [4.69, 9.17) is 0 Å². The van der Waals surface area contributed by atoms with Gasteiger partial charge in [0.05, 0.1) is 17.8 Å². The Morgan fingerprint density at radius 2 is 1.81 bits per heavy atom. The van der Waals surface area contributed by atoms with Gasteiger partial charge in [0.15, 0.2) is 0 Å². The van der Waals surface area contributed by atoms with Crippen LogP contribution in [-0.4, -0.2) is 21.6 Å². The van der Waals surface area contributed by atoms with Crippen molar-refractivity contribution in [2.24, 2.45) is 0 Å². The van der Waals surface area contributed by atoms with Crippen molar-refractivity contribution in [3.05, 3.63) is 60.0 Å². The molecule has 0 N–H and O–H groups in total. The Morgan fingerprint density at radius 1 is 1.08 bits per heavy atom. The highest BCUT2D eigenvalue weighted by Crippen LogP contribution is 2.30. The number of benzene rings is 1. The van der Waals surface area contributed by atoms with Gasteiger partial charge >= 0.3 is 12.1 Å². The Bertz CT molecular complexity index is 892. The number of pyridine rings is 1. The minimum Gasteiger partial charge on any atom is -0.413 e. The zero-order chi connectivity index (χ0) is 18.7. The molecule has 0 atom stereocenters. The number of nitrogens with zero attached hydrogens (tertiary/aromatic N) is 4. The normalized spacial score (nSPS) is 11.4. The van der Waals surface area contributed by atoms with E-state index in [9.17, 15) is 22.4 Å². The molecule has 0 aliphatic heterocycles. The summed E-state index contributed by atoms with van der Waals surface area (Å²) < 4.78 is 54.9. The first-order valence-corrected chi connectivity index (χ1v) is 7.20. The zero-order valence-corrected chi connectivity index (χ0v) is 12.9. The molecule has 3 rings (SSSR count). The molecule has 1 aromatic carbocycles. The fraction of sp³-hybridized carbons (Fsp3) is 0.125. The molecule has 0 spiro atoms. The van der Waals surface area contributed by atoms with E-state index in [0.29, 0.717) is 17.8 Å². The number of carbonyl (C=O) groups is 1. The van der Waals surface area contributed by atoms with Crippen molar-refractivity contribution in [1.82, 2.24) is 15.2 Å². The summed E-state index contributed by atoms with van der Waals surface area (Å²) in [6, 6.07) is 8.27. The fourth-order valence-electron chi connectivity index (χ4n) is 2.10. The summed E-state index contributed by atoms with van der Waals surface area (Å²) >= 11 is 0. The van der Waals surface area contributed by atoms with Crippen molar-refractivity contribution in [3.63, 3.8) is 0 Å². The second kappa shape index (κ2) is 6.90. The highest BCUT2D eigenvalue weighted by molar-refractivity contribution is 5.74. The average Bonchev–Trinajstić information content (AvgIpc) is 3.12. The predicted molar refractivity (Wildman–Crippen MR) is 81.2 cm³/mol. The smallest absolute Gasteiger partial charge is 0.413 e. The van der Waals surface area contributed by atoms with Crippen LogP contribution >= 0.6 is 0 Å². The molecule has 0 aliphatic rings. The minimum atomic E-state index is -4.72. The van der Waals surface area contributed by atoms with Gasteiger partial charge in [0, 0.05) is 11.9 Å². The minimum absolute atomic E-state index is 0.0903. The molecule has 1 amide bonds. The van der Waals surface area contributed by atoms with Crippen LogP contribution in [0.2, 0.25) is 0 Å². The molecule has 26 heavy (non-hydrogen) atoms. The average molecular weight is 366 g/mol. The fourth-order valence-corrected chi connectivity index (χ4v) is 2.10. The van der Waals surface area contributed by atoms with E-state index in [-0.39, 0.29) is 18.0 Å². The second-order valence-electron chi connectivity index (χ2n) is 5.16. The number of alkyl halides is 3. The summed E-state index contributed by atoms with van der Waals surface area (Å²) in [5, 5.41) is 6.28. The quantitative estimate of drug-likeness (QED) is 0.511. The monoisotopic (exact) mass is 366 g/mol. The third-order valence-electron chi connectivity index (χ3n) is 3.36. The van der Waals surface area contributed by atoms with Crippen LogP contribution in [0.4, 0.5) is 23.2 Å². The number of amides is 1. The first kappa shape index (κ1) is 17.5. The molecule has 0 saturated carbocycles. The summed E-state index contributed by atoms with van der Waals surface area (Å²) in [6.07, 6.45) is -2.90. The molecule has 0 bridgehead atoms. The standard InChI is InChI=1S/C16H10F4N4O2/c17-11-2-5-13(6-3-11)24(9-25)8-12-4-1-10(7-21-12)14-22-23-15(26-14)16(18,19)20/h1-7,9H,8H2. The Hall–Kier alpha value is -3.30. The molecule has 0 saturated heterocycles. The summed E-state index contributed by atoms with van der Waals surface area (Å²) in [5.41, 5.74) is 1.14. The SMILES string of the molecule is O=CN(Cc1ccc(-c2nnc(C(F)(F)F)o2)cn1)c1ccc(F)cc1. The Kier molecular flexibility index (Phi) is 4.65. The van der Waals surface area contributed by atoms with E-state index in [1.165, 1.54) is 47.5 Å². The molecule has 6 nitrogen and oxygen atoms in total. The van der Waals surface area contributed by atoms with Crippen molar-refractivity contribution in [2.45, 2.75) is 12.7 Å². The van der Waals surface area contributed by atoms with Crippen molar-refractivity contribution in [2.75, 3.05) is 4.90 Å². The molecule has 0 fully saturated rings. The van der Waals surface area contributed by atoms with Crippen molar-refractivity contribution in [1.29, 1.82) is 0 Å². The lowest BCUT2D eigenvalue weighted by Crippen LogP contribution is -2.20.